The first-order valence-electron chi connectivity index (χ1n) is 11.7. The number of halogens is 7. The highest BCUT2D eigenvalue weighted by molar-refractivity contribution is 6.33. The number of hydrogen-bond acceptors (Lipinski definition) is 4. The van der Waals surface area contributed by atoms with Crippen LogP contribution in [0, 0.1) is 0 Å². The molecule has 3 rings (SSSR count). The van der Waals surface area contributed by atoms with Crippen molar-refractivity contribution in [2.45, 2.75) is 44.6 Å². The van der Waals surface area contributed by atoms with Crippen molar-refractivity contribution >= 4 is 29.0 Å². The van der Waals surface area contributed by atoms with E-state index >= 15 is 0 Å². The van der Waals surface area contributed by atoms with Crippen LogP contribution in [0.4, 0.5) is 37.8 Å². The molecule has 39 heavy (non-hydrogen) atoms. The fourth-order valence-electron chi connectivity index (χ4n) is 3.96. The number of amides is 1. The van der Waals surface area contributed by atoms with Gasteiger partial charge in [-0.2, -0.15) is 26.3 Å². The van der Waals surface area contributed by atoms with Crippen molar-refractivity contribution in [1.82, 2.24) is 4.98 Å². The first-order chi connectivity index (χ1) is 18.0. The van der Waals surface area contributed by atoms with Crippen LogP contribution in [0.15, 0.2) is 54.7 Å². The van der Waals surface area contributed by atoms with E-state index in [0.717, 1.165) is 4.90 Å². The van der Waals surface area contributed by atoms with E-state index in [0.29, 0.717) is 34.1 Å². The molecule has 0 spiro atoms. The van der Waals surface area contributed by atoms with Gasteiger partial charge in [-0.25, -0.2) is 4.98 Å². The predicted molar refractivity (Wildman–Crippen MR) is 138 cm³/mol. The van der Waals surface area contributed by atoms with Gasteiger partial charge in [-0.15, -0.1) is 0 Å². The summed E-state index contributed by atoms with van der Waals surface area (Å²) in [6.07, 6.45) is -8.78. The molecule has 2 aromatic carbocycles. The van der Waals surface area contributed by atoms with E-state index in [1.54, 1.807) is 37.3 Å². The number of anilines is 2. The number of carbonyl (C=O) groups excluding carboxylic acids is 1. The van der Waals surface area contributed by atoms with Gasteiger partial charge >= 0.3 is 12.4 Å². The fourth-order valence-corrected chi connectivity index (χ4v) is 4.19. The van der Waals surface area contributed by atoms with Crippen molar-refractivity contribution in [2.24, 2.45) is 0 Å². The third-order valence-electron chi connectivity index (χ3n) is 6.23. The minimum Gasteiger partial charge on any atom is -0.394 e. The first kappa shape index (κ1) is 30.2. The number of nitrogens with zero attached hydrogens (tertiary/aromatic N) is 2. The number of aliphatic hydroxyl groups excluding tert-OH is 1. The molecule has 1 unspecified atom stereocenters. The summed E-state index contributed by atoms with van der Waals surface area (Å²) in [5.74, 6) is -0.433. The van der Waals surface area contributed by atoms with Gasteiger partial charge in [0.1, 0.15) is 5.82 Å². The fraction of sp³-hybridized carbons (Fsp3) is 0.333. The Balaban J connectivity index is 2.14. The molecular formula is C27H26ClF6N3O2. The van der Waals surface area contributed by atoms with Crippen LogP contribution in [-0.4, -0.2) is 35.7 Å². The Morgan fingerprint density at radius 2 is 1.51 bits per heavy atom. The molecule has 1 aromatic heterocycles. The molecule has 12 heteroatoms. The quantitative estimate of drug-likeness (QED) is 0.294. The number of benzene rings is 2. The monoisotopic (exact) mass is 573 g/mol. The van der Waals surface area contributed by atoms with E-state index in [1.165, 1.54) is 27.1 Å². The summed E-state index contributed by atoms with van der Waals surface area (Å²) in [6, 6.07) is 9.08. The third-order valence-corrected chi connectivity index (χ3v) is 6.55. The smallest absolute Gasteiger partial charge is 0.394 e. The van der Waals surface area contributed by atoms with Gasteiger partial charge in [-0.3, -0.25) is 4.79 Å². The molecule has 5 nitrogen and oxygen atoms in total. The number of hydrogen-bond donors (Lipinski definition) is 2. The number of alkyl halides is 6. The maximum Gasteiger partial charge on any atom is 0.416 e. The molecule has 1 heterocycles. The largest absolute Gasteiger partial charge is 0.416 e. The standard InChI is InChI=1S/C27H26ClF6N3O2/c1-15(14-38)36-23-12-20(19-7-5-6-8-21(19)28)22(13-35-23)37(4)24(39)25(2,3)16-9-17(26(29,30)31)11-18(10-16)27(32,33)34/h5-13,15,38H,14H2,1-4H3,(H,35,36). The summed E-state index contributed by atoms with van der Waals surface area (Å²) in [7, 11) is 1.35. The number of carbonyl (C=O) groups is 1. The van der Waals surface area contributed by atoms with Gasteiger partial charge in [0.2, 0.25) is 5.91 Å². The predicted octanol–water partition coefficient (Wildman–Crippen LogP) is 7.17. The number of likely N-dealkylation sites (N-methyl/N-ethyl adjacent to an activating group) is 1. The summed E-state index contributed by atoms with van der Waals surface area (Å²) < 4.78 is 80.9. The van der Waals surface area contributed by atoms with Crippen LogP contribution in [0.2, 0.25) is 5.02 Å². The molecule has 3 aromatic rings. The van der Waals surface area contributed by atoms with E-state index in [4.69, 9.17) is 11.6 Å². The SMILES string of the molecule is CC(CO)Nc1cc(-c2ccccc2Cl)c(N(C)C(=O)C(C)(C)c2cc(C(F)(F)F)cc(C(F)(F)F)c2)cn1. The van der Waals surface area contributed by atoms with E-state index < -0.39 is 40.4 Å². The van der Waals surface area contributed by atoms with Gasteiger partial charge < -0.3 is 15.3 Å². The summed E-state index contributed by atoms with van der Waals surface area (Å²) in [5.41, 5.74) is -4.14. The van der Waals surface area contributed by atoms with Gasteiger partial charge in [0.25, 0.3) is 0 Å². The number of rotatable bonds is 7. The average Bonchev–Trinajstić information content (AvgIpc) is 2.86. The van der Waals surface area contributed by atoms with Crippen molar-refractivity contribution in [3.8, 4) is 11.1 Å². The second-order valence-electron chi connectivity index (χ2n) is 9.58. The molecule has 0 saturated heterocycles. The highest BCUT2D eigenvalue weighted by atomic mass is 35.5. The summed E-state index contributed by atoms with van der Waals surface area (Å²) in [5, 5.41) is 12.7. The van der Waals surface area contributed by atoms with Crippen LogP contribution in [0.1, 0.15) is 37.5 Å². The number of aliphatic hydroxyl groups is 1. The van der Waals surface area contributed by atoms with Gasteiger partial charge in [-0.05, 0) is 56.7 Å². The second kappa shape index (κ2) is 11.1. The van der Waals surface area contributed by atoms with E-state index in [9.17, 15) is 36.2 Å². The number of pyridine rings is 1. The summed E-state index contributed by atoms with van der Waals surface area (Å²) >= 11 is 6.41. The van der Waals surface area contributed by atoms with Crippen LogP contribution >= 0.6 is 11.6 Å². The molecule has 0 aliphatic rings. The topological polar surface area (TPSA) is 65.5 Å². The third kappa shape index (κ3) is 6.65. The van der Waals surface area contributed by atoms with Crippen LogP contribution in [0.3, 0.4) is 0 Å². The molecule has 0 saturated carbocycles. The Kier molecular flexibility index (Phi) is 8.57. The molecule has 0 bridgehead atoms. The van der Waals surface area contributed by atoms with Gasteiger partial charge in [-0.1, -0.05) is 29.8 Å². The van der Waals surface area contributed by atoms with E-state index in [2.05, 4.69) is 10.3 Å². The minimum atomic E-state index is -5.06. The molecule has 0 aliphatic carbocycles. The molecule has 210 valence electrons. The maximum atomic E-state index is 13.7. The highest BCUT2D eigenvalue weighted by Gasteiger charge is 2.41. The maximum absolute atomic E-state index is 13.7. The lowest BCUT2D eigenvalue weighted by Gasteiger charge is -2.32. The Morgan fingerprint density at radius 3 is 2.03 bits per heavy atom. The van der Waals surface area contributed by atoms with E-state index in [-0.39, 0.29) is 24.4 Å². The molecule has 1 amide bonds. The molecular weight excluding hydrogens is 548 g/mol. The summed E-state index contributed by atoms with van der Waals surface area (Å²) in [6.45, 7) is 4.04. The minimum absolute atomic E-state index is 0.0201. The van der Waals surface area contributed by atoms with Crippen molar-refractivity contribution in [3.63, 3.8) is 0 Å². The lowest BCUT2D eigenvalue weighted by molar-refractivity contribution is -0.143. The van der Waals surface area contributed by atoms with Gasteiger partial charge in [0.05, 0.1) is 35.0 Å². The Bertz CT molecular complexity index is 1330. The molecule has 0 fully saturated rings. The van der Waals surface area contributed by atoms with Crippen molar-refractivity contribution in [1.29, 1.82) is 0 Å². The van der Waals surface area contributed by atoms with Crippen LogP contribution < -0.4 is 10.2 Å². The second-order valence-corrected chi connectivity index (χ2v) is 9.99. The summed E-state index contributed by atoms with van der Waals surface area (Å²) in [4.78, 5) is 19.1. The van der Waals surface area contributed by atoms with Crippen LogP contribution in [-0.2, 0) is 22.6 Å². The lowest BCUT2D eigenvalue weighted by Crippen LogP contribution is -2.42. The number of aromatic nitrogens is 1. The number of nitrogens with one attached hydrogen (secondary N) is 1. The first-order valence-corrected chi connectivity index (χ1v) is 12.0. The zero-order valence-electron chi connectivity index (χ0n) is 21.4. The zero-order valence-corrected chi connectivity index (χ0v) is 22.1. The lowest BCUT2D eigenvalue weighted by atomic mass is 9.81. The Morgan fingerprint density at radius 1 is 0.974 bits per heavy atom. The Labute approximate surface area is 226 Å². The highest BCUT2D eigenvalue weighted by Crippen LogP contribution is 2.41. The van der Waals surface area contributed by atoms with Crippen molar-refractivity contribution in [2.75, 3.05) is 23.9 Å². The molecule has 0 aliphatic heterocycles. The molecule has 2 N–H and O–H groups in total. The molecule has 1 atom stereocenters. The van der Waals surface area contributed by atoms with E-state index in [1.807, 2.05) is 0 Å². The van der Waals surface area contributed by atoms with Crippen molar-refractivity contribution in [3.05, 3.63) is 76.4 Å². The van der Waals surface area contributed by atoms with Crippen LogP contribution in [0.5, 0.6) is 0 Å². The van der Waals surface area contributed by atoms with Crippen molar-refractivity contribution < 1.29 is 36.2 Å². The van der Waals surface area contributed by atoms with Crippen LogP contribution in [0.25, 0.3) is 11.1 Å². The van der Waals surface area contributed by atoms with Gasteiger partial charge in [0.15, 0.2) is 0 Å². The molecule has 0 radical (unpaired) electrons. The zero-order chi connectivity index (χ0) is 29.3. The normalized spacial score (nSPS) is 13.2. The van der Waals surface area contributed by atoms with Gasteiger partial charge in [0, 0.05) is 29.2 Å². The Hall–Kier alpha value is -3.31. The average molecular weight is 574 g/mol.